The average Bonchev–Trinajstić information content (AvgIpc) is 2.45. The molecule has 0 saturated carbocycles. The molecule has 124 valence electrons. The normalized spacial score (nSPS) is 13.0. The molecule has 0 amide bonds. The minimum absolute atomic E-state index is 0.0779. The van der Waals surface area contributed by atoms with Crippen molar-refractivity contribution < 1.29 is 23.1 Å². The van der Waals surface area contributed by atoms with Gasteiger partial charge < -0.3 is 9.84 Å². The van der Waals surface area contributed by atoms with Crippen LogP contribution in [0.15, 0.2) is 30.3 Å². The molecule has 0 aromatic heterocycles. The van der Waals surface area contributed by atoms with E-state index in [4.69, 9.17) is 9.84 Å². The highest BCUT2D eigenvalue weighted by molar-refractivity contribution is 7.89. The second kappa shape index (κ2) is 9.55. The summed E-state index contributed by atoms with van der Waals surface area (Å²) in [6, 6.07) is 8.96. The largest absolute Gasteiger partial charge is 0.481 e. The molecule has 0 aliphatic carbocycles. The molecule has 0 heterocycles. The fraction of sp³-hybridized carbons (Fsp3) is 0.533. The van der Waals surface area contributed by atoms with E-state index in [-0.39, 0.29) is 25.2 Å². The molecule has 2 N–H and O–H groups in total. The minimum Gasteiger partial charge on any atom is -0.481 e. The van der Waals surface area contributed by atoms with Crippen molar-refractivity contribution in [1.82, 2.24) is 4.72 Å². The maximum atomic E-state index is 12.0. The molecule has 22 heavy (non-hydrogen) atoms. The summed E-state index contributed by atoms with van der Waals surface area (Å²) < 4.78 is 31.7. The van der Waals surface area contributed by atoms with E-state index in [0.29, 0.717) is 13.0 Å². The van der Waals surface area contributed by atoms with Gasteiger partial charge in [-0.1, -0.05) is 30.3 Å². The maximum Gasteiger partial charge on any atom is 0.303 e. The van der Waals surface area contributed by atoms with Crippen molar-refractivity contribution in [1.29, 1.82) is 0 Å². The predicted octanol–water partition coefficient (Wildman–Crippen LogP) is 1.42. The Hall–Kier alpha value is -1.44. The lowest BCUT2D eigenvalue weighted by Crippen LogP contribution is -2.39. The zero-order valence-corrected chi connectivity index (χ0v) is 13.5. The number of carboxylic acids is 1. The van der Waals surface area contributed by atoms with E-state index in [1.54, 1.807) is 6.92 Å². The number of nitrogens with one attached hydrogen (secondary N) is 1. The van der Waals surface area contributed by atoms with Crippen LogP contribution in [0.5, 0.6) is 0 Å². The zero-order valence-electron chi connectivity index (χ0n) is 12.7. The fourth-order valence-electron chi connectivity index (χ4n) is 2.02. The highest BCUT2D eigenvalue weighted by Gasteiger charge is 2.19. The number of ether oxygens (including phenoxy) is 1. The molecule has 1 aromatic carbocycles. The van der Waals surface area contributed by atoms with E-state index in [0.717, 1.165) is 5.56 Å². The number of rotatable bonds is 11. The van der Waals surface area contributed by atoms with Crippen LogP contribution in [0.25, 0.3) is 0 Å². The van der Waals surface area contributed by atoms with Gasteiger partial charge in [-0.2, -0.15) is 0 Å². The predicted molar refractivity (Wildman–Crippen MR) is 84.2 cm³/mol. The number of carboxylic acid groups (broad SMARTS) is 1. The lowest BCUT2D eigenvalue weighted by molar-refractivity contribution is -0.137. The summed E-state index contributed by atoms with van der Waals surface area (Å²) in [6.45, 7) is 2.38. The Labute approximate surface area is 131 Å². The molecule has 1 rings (SSSR count). The van der Waals surface area contributed by atoms with Gasteiger partial charge in [-0.3, -0.25) is 4.79 Å². The van der Waals surface area contributed by atoms with Crippen LogP contribution >= 0.6 is 0 Å². The van der Waals surface area contributed by atoms with Crippen molar-refractivity contribution in [2.75, 3.05) is 19.0 Å². The molecule has 1 unspecified atom stereocenters. The monoisotopic (exact) mass is 329 g/mol. The third kappa shape index (κ3) is 8.11. The van der Waals surface area contributed by atoms with Crippen LogP contribution in [0.2, 0.25) is 0 Å². The van der Waals surface area contributed by atoms with E-state index in [1.807, 2.05) is 30.3 Å². The van der Waals surface area contributed by atoms with Crippen LogP contribution in [-0.4, -0.2) is 44.5 Å². The van der Waals surface area contributed by atoms with Crippen molar-refractivity contribution in [3.8, 4) is 0 Å². The third-order valence-corrected chi connectivity index (χ3v) is 4.47. The van der Waals surface area contributed by atoms with Crippen LogP contribution in [0.3, 0.4) is 0 Å². The van der Waals surface area contributed by atoms with Gasteiger partial charge in [-0.05, 0) is 25.3 Å². The lowest BCUT2D eigenvalue weighted by Gasteiger charge is -2.18. The molecular formula is C15H23NO5S. The van der Waals surface area contributed by atoms with Gasteiger partial charge in [0.1, 0.15) is 0 Å². The maximum absolute atomic E-state index is 12.0. The van der Waals surface area contributed by atoms with Crippen LogP contribution in [-0.2, 0) is 26.0 Å². The first-order chi connectivity index (χ1) is 10.4. The Morgan fingerprint density at radius 2 is 2.00 bits per heavy atom. The number of carbonyl (C=O) groups is 1. The van der Waals surface area contributed by atoms with Crippen LogP contribution in [0.1, 0.15) is 25.3 Å². The summed E-state index contributed by atoms with van der Waals surface area (Å²) in [7, 11) is -3.49. The van der Waals surface area contributed by atoms with Gasteiger partial charge in [0.25, 0.3) is 0 Å². The molecule has 6 nitrogen and oxygen atoms in total. The van der Waals surface area contributed by atoms with Gasteiger partial charge in [-0.25, -0.2) is 13.1 Å². The van der Waals surface area contributed by atoms with Crippen molar-refractivity contribution in [3.05, 3.63) is 35.9 Å². The number of aliphatic carboxylic acids is 1. The summed E-state index contributed by atoms with van der Waals surface area (Å²) in [4.78, 5) is 10.7. The van der Waals surface area contributed by atoms with Crippen LogP contribution < -0.4 is 4.72 Å². The number of hydrogen-bond acceptors (Lipinski definition) is 4. The summed E-state index contributed by atoms with van der Waals surface area (Å²) >= 11 is 0. The minimum atomic E-state index is -3.49. The molecule has 0 saturated heterocycles. The van der Waals surface area contributed by atoms with Crippen molar-refractivity contribution in [2.45, 2.75) is 32.2 Å². The van der Waals surface area contributed by atoms with Gasteiger partial charge in [0, 0.05) is 19.1 Å². The van der Waals surface area contributed by atoms with Crippen molar-refractivity contribution in [2.24, 2.45) is 0 Å². The summed E-state index contributed by atoms with van der Waals surface area (Å²) in [6.07, 6.45) is 0.631. The molecule has 0 radical (unpaired) electrons. The average molecular weight is 329 g/mol. The summed E-state index contributed by atoms with van der Waals surface area (Å²) in [5.41, 5.74) is 0.963. The van der Waals surface area contributed by atoms with E-state index >= 15 is 0 Å². The molecule has 0 fully saturated rings. The highest BCUT2D eigenvalue weighted by Crippen LogP contribution is 2.09. The second-order valence-corrected chi connectivity index (χ2v) is 6.83. The van der Waals surface area contributed by atoms with Gasteiger partial charge in [0.2, 0.25) is 10.0 Å². The number of benzene rings is 1. The van der Waals surface area contributed by atoms with Gasteiger partial charge >= 0.3 is 5.97 Å². The lowest BCUT2D eigenvalue weighted by atomic mass is 10.0. The first-order valence-electron chi connectivity index (χ1n) is 7.26. The molecule has 1 aromatic rings. The Morgan fingerprint density at radius 3 is 2.59 bits per heavy atom. The molecule has 0 bridgehead atoms. The van der Waals surface area contributed by atoms with E-state index in [2.05, 4.69) is 4.72 Å². The Morgan fingerprint density at radius 1 is 1.32 bits per heavy atom. The SMILES string of the molecule is CCOCCS(=O)(=O)NC(CCC(=O)O)Cc1ccccc1. The van der Waals surface area contributed by atoms with Crippen molar-refractivity contribution >= 4 is 16.0 Å². The van der Waals surface area contributed by atoms with Gasteiger partial charge in [-0.15, -0.1) is 0 Å². The molecular weight excluding hydrogens is 306 g/mol. The van der Waals surface area contributed by atoms with Crippen LogP contribution in [0, 0.1) is 0 Å². The summed E-state index contributed by atoms with van der Waals surface area (Å²) in [5, 5.41) is 8.80. The van der Waals surface area contributed by atoms with E-state index < -0.39 is 22.0 Å². The molecule has 0 aliphatic rings. The fourth-order valence-corrected chi connectivity index (χ4v) is 3.19. The highest BCUT2D eigenvalue weighted by atomic mass is 32.2. The summed E-state index contributed by atoms with van der Waals surface area (Å²) in [5.74, 6) is -1.06. The zero-order chi connectivity index (χ0) is 16.4. The first-order valence-corrected chi connectivity index (χ1v) is 8.91. The second-order valence-electron chi connectivity index (χ2n) is 4.95. The van der Waals surface area contributed by atoms with E-state index in [1.165, 1.54) is 0 Å². The van der Waals surface area contributed by atoms with Gasteiger partial charge in [0.05, 0.1) is 12.4 Å². The van der Waals surface area contributed by atoms with Crippen molar-refractivity contribution in [3.63, 3.8) is 0 Å². The Bertz CT molecular complexity index is 544. The topological polar surface area (TPSA) is 92.7 Å². The molecule has 0 spiro atoms. The standard InChI is InChI=1S/C15H23NO5S/c1-2-21-10-11-22(19,20)16-14(8-9-15(17)18)12-13-6-4-3-5-7-13/h3-7,14,16H,2,8-12H2,1H3,(H,17,18). The number of hydrogen-bond donors (Lipinski definition) is 2. The Kier molecular flexibility index (Phi) is 8.08. The van der Waals surface area contributed by atoms with E-state index in [9.17, 15) is 13.2 Å². The first kappa shape index (κ1) is 18.6. The molecule has 1 atom stereocenters. The van der Waals surface area contributed by atoms with Gasteiger partial charge in [0.15, 0.2) is 0 Å². The number of sulfonamides is 1. The molecule has 7 heteroatoms. The quantitative estimate of drug-likeness (QED) is 0.599. The smallest absolute Gasteiger partial charge is 0.303 e. The van der Waals surface area contributed by atoms with Crippen LogP contribution in [0.4, 0.5) is 0 Å². The Balaban J connectivity index is 2.66. The molecule has 0 aliphatic heterocycles. The third-order valence-electron chi connectivity index (χ3n) is 3.08.